The molecule has 0 fully saturated rings. The first-order valence-electron chi connectivity index (χ1n) is 7.48. The number of pyridine rings is 1. The van der Waals surface area contributed by atoms with Crippen molar-refractivity contribution in [2.24, 2.45) is 4.99 Å². The van der Waals surface area contributed by atoms with E-state index in [0.29, 0.717) is 11.5 Å². The topological polar surface area (TPSA) is 90.4 Å². The highest BCUT2D eigenvalue weighted by atomic mass is 16.3. The van der Waals surface area contributed by atoms with Gasteiger partial charge in [0.1, 0.15) is 17.2 Å². The lowest BCUT2D eigenvalue weighted by molar-refractivity contribution is -0.115. The third-order valence-electron chi connectivity index (χ3n) is 3.88. The van der Waals surface area contributed by atoms with Crippen molar-refractivity contribution in [3.63, 3.8) is 0 Å². The molecule has 1 aromatic carbocycles. The van der Waals surface area contributed by atoms with Gasteiger partial charge in [0, 0.05) is 28.9 Å². The van der Waals surface area contributed by atoms with Crippen LogP contribution in [0, 0.1) is 0 Å². The smallest absolute Gasteiger partial charge is 0.275 e. The van der Waals surface area contributed by atoms with Crippen LogP contribution in [0.3, 0.4) is 0 Å². The summed E-state index contributed by atoms with van der Waals surface area (Å²) in [5.74, 6) is 0.267. The van der Waals surface area contributed by atoms with E-state index >= 15 is 0 Å². The van der Waals surface area contributed by atoms with Crippen LogP contribution in [0.25, 0.3) is 17.1 Å². The molecule has 1 amide bonds. The Hall–Kier alpha value is -3.25. The van der Waals surface area contributed by atoms with Crippen molar-refractivity contribution in [3.8, 4) is 0 Å². The number of amidine groups is 1. The summed E-state index contributed by atoms with van der Waals surface area (Å²) in [5, 5.41) is 12.8. The second kappa shape index (κ2) is 5.75. The Balaban J connectivity index is 1.70. The molecule has 6 nitrogen and oxygen atoms in total. The first-order chi connectivity index (χ1) is 11.7. The number of aromatic nitrogens is 2. The van der Waals surface area contributed by atoms with Gasteiger partial charge >= 0.3 is 0 Å². The van der Waals surface area contributed by atoms with E-state index in [1.165, 1.54) is 0 Å². The molecule has 3 heterocycles. The standard InChI is InChI=1S/C18H14N4O2/c23-10-11-3-5-12(6-4-11)16-21-15(18(24)22-16)8-13-9-20-17-14(13)2-1-7-19-17/h1-9,23H,10H2,(H,19,20)(H,21,22,24). The van der Waals surface area contributed by atoms with E-state index in [9.17, 15) is 4.79 Å². The molecule has 4 rings (SSSR count). The average Bonchev–Trinajstić information content (AvgIpc) is 3.20. The number of nitrogens with one attached hydrogen (secondary N) is 2. The van der Waals surface area contributed by atoms with Gasteiger partial charge in [0.05, 0.1) is 6.61 Å². The number of hydrogen-bond donors (Lipinski definition) is 3. The van der Waals surface area contributed by atoms with Gasteiger partial charge in [-0.25, -0.2) is 9.98 Å². The van der Waals surface area contributed by atoms with Crippen molar-refractivity contribution >= 4 is 28.9 Å². The molecule has 0 bridgehead atoms. The third-order valence-corrected chi connectivity index (χ3v) is 3.88. The lowest BCUT2D eigenvalue weighted by Gasteiger charge is -2.01. The molecule has 24 heavy (non-hydrogen) atoms. The van der Waals surface area contributed by atoms with Crippen LogP contribution in [-0.4, -0.2) is 26.8 Å². The largest absolute Gasteiger partial charge is 0.392 e. The van der Waals surface area contributed by atoms with Crippen LogP contribution in [0.1, 0.15) is 16.7 Å². The Kier molecular flexibility index (Phi) is 3.44. The molecule has 0 saturated heterocycles. The predicted molar refractivity (Wildman–Crippen MR) is 91.1 cm³/mol. The van der Waals surface area contributed by atoms with E-state index in [1.54, 1.807) is 24.4 Å². The van der Waals surface area contributed by atoms with Gasteiger partial charge in [-0.1, -0.05) is 24.3 Å². The minimum Gasteiger partial charge on any atom is -0.392 e. The van der Waals surface area contributed by atoms with E-state index in [1.807, 2.05) is 30.5 Å². The van der Waals surface area contributed by atoms with Crippen LogP contribution in [0.4, 0.5) is 0 Å². The predicted octanol–water partition coefficient (Wildman–Crippen LogP) is 1.97. The Morgan fingerprint density at radius 2 is 2.00 bits per heavy atom. The number of aliphatic hydroxyl groups excluding tert-OH is 1. The van der Waals surface area contributed by atoms with E-state index in [0.717, 1.165) is 27.7 Å². The molecule has 6 heteroatoms. The number of aliphatic hydroxyl groups is 1. The molecule has 2 aromatic heterocycles. The maximum atomic E-state index is 12.2. The van der Waals surface area contributed by atoms with Crippen molar-refractivity contribution in [2.45, 2.75) is 6.61 Å². The van der Waals surface area contributed by atoms with Gasteiger partial charge in [-0.05, 0) is 23.8 Å². The number of aromatic amines is 1. The first kappa shape index (κ1) is 14.3. The fourth-order valence-corrected chi connectivity index (χ4v) is 2.62. The minimum atomic E-state index is -0.241. The lowest BCUT2D eigenvalue weighted by Crippen LogP contribution is -2.24. The number of carbonyl (C=O) groups is 1. The third kappa shape index (κ3) is 2.49. The Bertz CT molecular complexity index is 984. The highest BCUT2D eigenvalue weighted by Gasteiger charge is 2.21. The Morgan fingerprint density at radius 3 is 2.79 bits per heavy atom. The summed E-state index contributed by atoms with van der Waals surface area (Å²) < 4.78 is 0. The summed E-state index contributed by atoms with van der Waals surface area (Å²) in [5.41, 5.74) is 3.59. The highest BCUT2D eigenvalue weighted by molar-refractivity contribution is 6.20. The SMILES string of the molecule is O=C1NC(c2ccc(CO)cc2)=NC1=Cc1c[nH]c2ncccc12. The van der Waals surface area contributed by atoms with Gasteiger partial charge in [0.25, 0.3) is 5.91 Å². The molecule has 1 aliphatic rings. The van der Waals surface area contributed by atoms with E-state index in [-0.39, 0.29) is 12.5 Å². The number of aliphatic imine (C=N–C) groups is 1. The van der Waals surface area contributed by atoms with Crippen molar-refractivity contribution in [3.05, 3.63) is 71.2 Å². The Morgan fingerprint density at radius 1 is 1.17 bits per heavy atom. The first-order valence-corrected chi connectivity index (χ1v) is 7.48. The van der Waals surface area contributed by atoms with Crippen molar-refractivity contribution in [1.29, 1.82) is 0 Å². The van der Waals surface area contributed by atoms with Gasteiger partial charge in [0.2, 0.25) is 0 Å². The molecule has 0 spiro atoms. The van der Waals surface area contributed by atoms with E-state index in [2.05, 4.69) is 20.3 Å². The zero-order chi connectivity index (χ0) is 16.5. The summed E-state index contributed by atoms with van der Waals surface area (Å²) in [6, 6.07) is 11.0. The van der Waals surface area contributed by atoms with Crippen molar-refractivity contribution in [2.75, 3.05) is 0 Å². The number of rotatable bonds is 3. The Labute approximate surface area is 137 Å². The number of H-pyrrole nitrogens is 1. The fourth-order valence-electron chi connectivity index (χ4n) is 2.62. The van der Waals surface area contributed by atoms with Crippen molar-refractivity contribution in [1.82, 2.24) is 15.3 Å². The van der Waals surface area contributed by atoms with Gasteiger partial charge in [-0.15, -0.1) is 0 Å². The molecule has 118 valence electrons. The van der Waals surface area contributed by atoms with E-state index in [4.69, 9.17) is 5.11 Å². The highest BCUT2D eigenvalue weighted by Crippen LogP contribution is 2.21. The molecule has 0 atom stereocenters. The molecule has 3 N–H and O–H groups in total. The molecule has 1 aliphatic heterocycles. The number of hydrogen-bond acceptors (Lipinski definition) is 4. The van der Waals surface area contributed by atoms with Gasteiger partial charge in [-0.3, -0.25) is 4.79 Å². The summed E-state index contributed by atoms with van der Waals surface area (Å²) in [7, 11) is 0. The monoisotopic (exact) mass is 318 g/mol. The molecular weight excluding hydrogens is 304 g/mol. The van der Waals surface area contributed by atoms with Crippen LogP contribution < -0.4 is 5.32 Å². The summed E-state index contributed by atoms with van der Waals surface area (Å²) in [4.78, 5) is 23.9. The van der Waals surface area contributed by atoms with Crippen molar-refractivity contribution < 1.29 is 9.90 Å². The number of carbonyl (C=O) groups excluding carboxylic acids is 1. The van der Waals surface area contributed by atoms with Crippen LogP contribution in [-0.2, 0) is 11.4 Å². The summed E-state index contributed by atoms with van der Waals surface area (Å²) >= 11 is 0. The minimum absolute atomic E-state index is 0.0150. The maximum Gasteiger partial charge on any atom is 0.275 e. The molecule has 0 unspecified atom stereocenters. The number of amides is 1. The van der Waals surface area contributed by atoms with Gasteiger partial charge in [-0.2, -0.15) is 0 Å². The summed E-state index contributed by atoms with van der Waals surface area (Å²) in [6.45, 7) is -0.0150. The number of benzene rings is 1. The van der Waals surface area contributed by atoms with Crippen LogP contribution in [0.2, 0.25) is 0 Å². The normalized spacial score (nSPS) is 15.8. The van der Waals surface area contributed by atoms with Crippen LogP contribution in [0.15, 0.2) is 59.5 Å². The molecular formula is C18H14N4O2. The second-order valence-corrected chi connectivity index (χ2v) is 5.44. The zero-order valence-electron chi connectivity index (χ0n) is 12.7. The summed E-state index contributed by atoms with van der Waals surface area (Å²) in [6.07, 6.45) is 5.26. The molecule has 0 saturated carbocycles. The average molecular weight is 318 g/mol. The maximum absolute atomic E-state index is 12.2. The molecule has 0 radical (unpaired) electrons. The van der Waals surface area contributed by atoms with Gasteiger partial charge < -0.3 is 15.4 Å². The van der Waals surface area contributed by atoms with Crippen LogP contribution >= 0.6 is 0 Å². The fraction of sp³-hybridized carbons (Fsp3) is 0.0556. The lowest BCUT2D eigenvalue weighted by atomic mass is 10.1. The number of nitrogens with zero attached hydrogens (tertiary/aromatic N) is 2. The van der Waals surface area contributed by atoms with Crippen LogP contribution in [0.5, 0.6) is 0 Å². The van der Waals surface area contributed by atoms with E-state index < -0.39 is 0 Å². The molecule has 3 aromatic rings. The second-order valence-electron chi connectivity index (χ2n) is 5.44. The number of fused-ring (bicyclic) bond motifs is 1. The quantitative estimate of drug-likeness (QED) is 0.645. The van der Waals surface area contributed by atoms with Gasteiger partial charge in [0.15, 0.2) is 0 Å². The molecule has 0 aliphatic carbocycles. The zero-order valence-corrected chi connectivity index (χ0v) is 12.7.